The second kappa shape index (κ2) is 3.93. The van der Waals surface area contributed by atoms with E-state index in [2.05, 4.69) is 0 Å². The number of hydrogen-bond donors (Lipinski definition) is 1. The molecule has 0 spiro atoms. The molecule has 5 nitrogen and oxygen atoms in total. The summed E-state index contributed by atoms with van der Waals surface area (Å²) < 4.78 is 5.17. The van der Waals surface area contributed by atoms with Crippen molar-refractivity contribution in [2.45, 2.75) is 12.5 Å². The fourth-order valence-electron chi connectivity index (χ4n) is 1.12. The number of morpholine rings is 1. The summed E-state index contributed by atoms with van der Waals surface area (Å²) in [4.78, 5) is 11.8. The van der Waals surface area contributed by atoms with Crippen molar-refractivity contribution in [2.24, 2.45) is 0 Å². The number of amides is 1. The molecule has 66 valence electrons. The zero-order valence-electron chi connectivity index (χ0n) is 6.56. The highest BCUT2D eigenvalue weighted by Crippen LogP contribution is 2.07. The Kier molecular flexibility index (Phi) is 2.88. The fourth-order valence-corrected chi connectivity index (χ4v) is 1.12. The van der Waals surface area contributed by atoms with Crippen LogP contribution in [-0.4, -0.2) is 41.9 Å². The summed E-state index contributed by atoms with van der Waals surface area (Å²) in [7, 11) is 0. The third-order valence-electron chi connectivity index (χ3n) is 1.73. The minimum absolute atomic E-state index is 0.250. The van der Waals surface area contributed by atoms with E-state index in [0.717, 1.165) is 0 Å². The molecule has 0 radical (unpaired) electrons. The van der Waals surface area contributed by atoms with E-state index in [-0.39, 0.29) is 12.5 Å². The summed E-state index contributed by atoms with van der Waals surface area (Å²) in [6.45, 7) is 1.10. The van der Waals surface area contributed by atoms with Gasteiger partial charge in [0.25, 0.3) is 0 Å². The number of nitriles is 1. The zero-order chi connectivity index (χ0) is 8.97. The minimum atomic E-state index is -0.943. The normalized spacial score (nSPS) is 23.2. The molecule has 0 aromatic rings. The minimum Gasteiger partial charge on any atom is -0.465 e. The SMILES string of the molecule is N#CC[C@H]1CN(C(=O)O)CCO1. The molecule has 1 rings (SSSR count). The first kappa shape index (κ1) is 8.81. The van der Waals surface area contributed by atoms with Gasteiger partial charge in [0.05, 0.1) is 31.7 Å². The smallest absolute Gasteiger partial charge is 0.407 e. The molecule has 0 saturated carbocycles. The molecule has 1 amide bonds. The maximum absolute atomic E-state index is 10.5. The van der Waals surface area contributed by atoms with Crippen LogP contribution < -0.4 is 0 Å². The van der Waals surface area contributed by atoms with Gasteiger partial charge in [0.1, 0.15) is 0 Å². The average Bonchev–Trinajstić information content (AvgIpc) is 2.05. The van der Waals surface area contributed by atoms with Gasteiger partial charge in [-0.25, -0.2) is 4.79 Å². The molecule has 0 bridgehead atoms. The van der Waals surface area contributed by atoms with Crippen LogP contribution in [0.5, 0.6) is 0 Å². The fraction of sp³-hybridized carbons (Fsp3) is 0.714. The number of carbonyl (C=O) groups is 1. The monoisotopic (exact) mass is 170 g/mol. The van der Waals surface area contributed by atoms with E-state index in [1.807, 2.05) is 6.07 Å². The Labute approximate surface area is 70.1 Å². The van der Waals surface area contributed by atoms with Crippen LogP contribution in [0.1, 0.15) is 6.42 Å². The molecule has 0 aromatic heterocycles. The summed E-state index contributed by atoms with van der Waals surface area (Å²) in [5.74, 6) is 0. The standard InChI is InChI=1S/C7H10N2O3/c8-2-1-6-5-9(7(10)11)3-4-12-6/h6H,1,3-5H2,(H,10,11)/t6-/m0/s1. The number of hydrogen-bond acceptors (Lipinski definition) is 3. The summed E-state index contributed by atoms with van der Waals surface area (Å²) in [5, 5.41) is 17.0. The van der Waals surface area contributed by atoms with Gasteiger partial charge in [-0.3, -0.25) is 0 Å². The highest BCUT2D eigenvalue weighted by atomic mass is 16.5. The Morgan fingerprint density at radius 1 is 1.83 bits per heavy atom. The molecular formula is C7H10N2O3. The predicted octanol–water partition coefficient (Wildman–Crippen LogP) is 0.279. The first-order valence-electron chi connectivity index (χ1n) is 3.70. The Bertz CT molecular complexity index is 211. The first-order chi connectivity index (χ1) is 5.74. The van der Waals surface area contributed by atoms with Gasteiger partial charge in [-0.2, -0.15) is 5.26 Å². The van der Waals surface area contributed by atoms with Crippen LogP contribution in [-0.2, 0) is 4.74 Å². The van der Waals surface area contributed by atoms with E-state index < -0.39 is 6.09 Å². The van der Waals surface area contributed by atoms with Crippen molar-refractivity contribution >= 4 is 6.09 Å². The predicted molar refractivity (Wildman–Crippen MR) is 39.6 cm³/mol. The molecule has 5 heteroatoms. The van der Waals surface area contributed by atoms with Gasteiger partial charge < -0.3 is 14.7 Å². The highest BCUT2D eigenvalue weighted by molar-refractivity contribution is 5.65. The van der Waals surface area contributed by atoms with Crippen LogP contribution >= 0.6 is 0 Å². The largest absolute Gasteiger partial charge is 0.465 e. The van der Waals surface area contributed by atoms with Gasteiger partial charge in [-0.05, 0) is 0 Å². The zero-order valence-corrected chi connectivity index (χ0v) is 6.56. The number of rotatable bonds is 1. The maximum Gasteiger partial charge on any atom is 0.407 e. The molecule has 12 heavy (non-hydrogen) atoms. The van der Waals surface area contributed by atoms with Crippen molar-refractivity contribution in [3.05, 3.63) is 0 Å². The van der Waals surface area contributed by atoms with Crippen molar-refractivity contribution in [3.8, 4) is 6.07 Å². The molecule has 1 heterocycles. The second-order valence-electron chi connectivity index (χ2n) is 2.58. The Morgan fingerprint density at radius 2 is 2.58 bits per heavy atom. The van der Waals surface area contributed by atoms with E-state index in [1.165, 1.54) is 4.90 Å². The molecule has 0 unspecified atom stereocenters. The molecule has 1 aliphatic rings. The molecule has 1 atom stereocenters. The van der Waals surface area contributed by atoms with Crippen molar-refractivity contribution in [2.75, 3.05) is 19.7 Å². The van der Waals surface area contributed by atoms with Crippen LogP contribution in [0.2, 0.25) is 0 Å². The van der Waals surface area contributed by atoms with Crippen LogP contribution in [0.15, 0.2) is 0 Å². The molecule has 0 aliphatic carbocycles. The van der Waals surface area contributed by atoms with Crippen LogP contribution in [0.25, 0.3) is 0 Å². The molecule has 1 saturated heterocycles. The number of nitrogens with zero attached hydrogens (tertiary/aromatic N) is 2. The average molecular weight is 170 g/mol. The van der Waals surface area contributed by atoms with Crippen molar-refractivity contribution < 1.29 is 14.6 Å². The molecule has 0 aromatic carbocycles. The van der Waals surface area contributed by atoms with Gasteiger partial charge in [0, 0.05) is 6.54 Å². The van der Waals surface area contributed by atoms with Gasteiger partial charge in [-0.1, -0.05) is 0 Å². The number of ether oxygens (including phenoxy) is 1. The van der Waals surface area contributed by atoms with Crippen molar-refractivity contribution in [1.29, 1.82) is 5.26 Å². The third kappa shape index (κ3) is 2.10. The van der Waals surface area contributed by atoms with Gasteiger partial charge in [-0.15, -0.1) is 0 Å². The molecule has 1 fully saturated rings. The Morgan fingerprint density at radius 3 is 3.17 bits per heavy atom. The van der Waals surface area contributed by atoms with E-state index in [4.69, 9.17) is 15.1 Å². The van der Waals surface area contributed by atoms with Crippen molar-refractivity contribution in [3.63, 3.8) is 0 Å². The molecule has 1 N–H and O–H groups in total. The van der Waals surface area contributed by atoms with E-state index in [9.17, 15) is 4.79 Å². The lowest BCUT2D eigenvalue weighted by Gasteiger charge is -2.29. The van der Waals surface area contributed by atoms with E-state index in [0.29, 0.717) is 19.7 Å². The van der Waals surface area contributed by atoms with Crippen LogP contribution in [0.4, 0.5) is 4.79 Å². The highest BCUT2D eigenvalue weighted by Gasteiger charge is 2.23. The summed E-state index contributed by atoms with van der Waals surface area (Å²) in [5.41, 5.74) is 0. The van der Waals surface area contributed by atoms with Gasteiger partial charge >= 0.3 is 6.09 Å². The van der Waals surface area contributed by atoms with Gasteiger partial charge in [0.15, 0.2) is 0 Å². The molecule has 1 aliphatic heterocycles. The van der Waals surface area contributed by atoms with Gasteiger partial charge in [0.2, 0.25) is 0 Å². The topological polar surface area (TPSA) is 73.6 Å². The maximum atomic E-state index is 10.5. The summed E-state index contributed by atoms with van der Waals surface area (Å²) in [6.07, 6.45) is -0.940. The first-order valence-corrected chi connectivity index (χ1v) is 3.70. The van der Waals surface area contributed by atoms with Crippen LogP contribution in [0.3, 0.4) is 0 Å². The summed E-state index contributed by atoms with van der Waals surface area (Å²) in [6, 6.07) is 1.95. The number of carboxylic acid groups (broad SMARTS) is 1. The van der Waals surface area contributed by atoms with Crippen molar-refractivity contribution in [1.82, 2.24) is 4.90 Å². The van der Waals surface area contributed by atoms with E-state index >= 15 is 0 Å². The molecular weight excluding hydrogens is 160 g/mol. The lowest BCUT2D eigenvalue weighted by Crippen LogP contribution is -2.44. The Hall–Kier alpha value is -1.28. The van der Waals surface area contributed by atoms with Crippen LogP contribution in [0, 0.1) is 11.3 Å². The quantitative estimate of drug-likeness (QED) is 0.613. The lowest BCUT2D eigenvalue weighted by atomic mass is 10.2. The second-order valence-corrected chi connectivity index (χ2v) is 2.58. The van der Waals surface area contributed by atoms with E-state index in [1.54, 1.807) is 0 Å². The third-order valence-corrected chi connectivity index (χ3v) is 1.73. The summed E-state index contributed by atoms with van der Waals surface area (Å²) >= 11 is 0. The lowest BCUT2D eigenvalue weighted by molar-refractivity contribution is -0.0189. The Balaban J connectivity index is 2.41.